The average molecular weight is 430 g/mol. The van der Waals surface area contributed by atoms with E-state index in [1.54, 1.807) is 0 Å². The number of hydrogen-bond acceptors (Lipinski definition) is 3. The molecular weight excluding hydrogens is 406 g/mol. The Morgan fingerprint density at radius 3 is 2.58 bits per heavy atom. The highest BCUT2D eigenvalue weighted by atomic mass is 16.5. The number of hydrogen-bond donors (Lipinski definition) is 1. The van der Waals surface area contributed by atoms with Gasteiger partial charge in [-0.3, -0.25) is 0 Å². The van der Waals surface area contributed by atoms with Crippen LogP contribution in [0.2, 0.25) is 0 Å². The van der Waals surface area contributed by atoms with E-state index in [1.807, 2.05) is 55.5 Å². The topological polar surface area (TPSA) is 61.7 Å². The lowest BCUT2D eigenvalue weighted by atomic mass is 10.0. The minimum absolute atomic E-state index is 0.450. The molecule has 160 valence electrons. The Balaban J connectivity index is 1.59. The zero-order valence-corrected chi connectivity index (χ0v) is 18.6. The van der Waals surface area contributed by atoms with E-state index in [1.165, 1.54) is 5.56 Å². The molecule has 1 heterocycles. The molecular formula is C29H23N3O. The number of ether oxygens (including phenoxy) is 1. The van der Waals surface area contributed by atoms with Crippen molar-refractivity contribution in [2.24, 2.45) is 0 Å². The molecule has 0 unspecified atom stereocenters. The normalized spacial score (nSPS) is 11.6. The quantitative estimate of drug-likeness (QED) is 0.307. The first-order chi connectivity index (χ1) is 16.1. The van der Waals surface area contributed by atoms with E-state index >= 15 is 0 Å². The van der Waals surface area contributed by atoms with Crippen LogP contribution in [-0.4, -0.2) is 9.97 Å². The van der Waals surface area contributed by atoms with E-state index in [-0.39, 0.29) is 0 Å². The number of rotatable bonds is 5. The summed E-state index contributed by atoms with van der Waals surface area (Å²) in [6, 6.07) is 28.8. The van der Waals surface area contributed by atoms with Gasteiger partial charge in [-0.05, 0) is 60.0 Å². The van der Waals surface area contributed by atoms with E-state index in [9.17, 15) is 5.26 Å². The van der Waals surface area contributed by atoms with Gasteiger partial charge < -0.3 is 9.72 Å². The molecule has 4 heteroatoms. The van der Waals surface area contributed by atoms with Gasteiger partial charge in [-0.1, -0.05) is 66.2 Å². The standard InChI is InChI=1S/C29H23N3O/c1-19-7-10-21(11-8-19)18-33-28-14-12-22-5-3-4-6-24(22)25(28)16-23(17-30)29-31-26-13-9-20(2)15-27(26)32-29/h3-16H,18H2,1-2H3,(H,31,32). The van der Waals surface area contributed by atoms with Crippen molar-refractivity contribution in [3.8, 4) is 11.8 Å². The molecule has 5 rings (SSSR count). The Labute approximate surface area is 192 Å². The predicted octanol–water partition coefficient (Wildman–Crippen LogP) is 6.98. The van der Waals surface area contributed by atoms with E-state index in [0.717, 1.165) is 44.2 Å². The third-order valence-corrected chi connectivity index (χ3v) is 5.75. The summed E-state index contributed by atoms with van der Waals surface area (Å²) in [5.41, 5.74) is 6.53. The van der Waals surface area contributed by atoms with Crippen LogP contribution in [0.4, 0.5) is 0 Å². The summed E-state index contributed by atoms with van der Waals surface area (Å²) in [6.07, 6.45) is 1.87. The number of nitrogens with zero attached hydrogens (tertiary/aromatic N) is 2. The average Bonchev–Trinajstić information content (AvgIpc) is 3.25. The minimum atomic E-state index is 0.450. The number of nitriles is 1. The molecule has 0 aliphatic heterocycles. The highest BCUT2D eigenvalue weighted by Gasteiger charge is 2.13. The zero-order valence-electron chi connectivity index (χ0n) is 18.6. The fraction of sp³-hybridized carbons (Fsp3) is 0.103. The van der Waals surface area contributed by atoms with E-state index < -0.39 is 0 Å². The van der Waals surface area contributed by atoms with E-state index in [2.05, 4.69) is 59.4 Å². The number of benzene rings is 4. The molecule has 4 aromatic carbocycles. The molecule has 5 aromatic rings. The van der Waals surface area contributed by atoms with Gasteiger partial charge in [0.1, 0.15) is 24.3 Å². The van der Waals surface area contributed by atoms with Crippen molar-refractivity contribution in [1.82, 2.24) is 9.97 Å². The molecule has 0 atom stereocenters. The number of H-pyrrole nitrogens is 1. The molecule has 0 fully saturated rings. The van der Waals surface area contributed by atoms with Crippen LogP contribution in [0.5, 0.6) is 5.75 Å². The van der Waals surface area contributed by atoms with Crippen molar-refractivity contribution >= 4 is 33.5 Å². The summed E-state index contributed by atoms with van der Waals surface area (Å²) in [5.74, 6) is 1.28. The molecule has 0 spiro atoms. The number of nitrogens with one attached hydrogen (secondary N) is 1. The van der Waals surface area contributed by atoms with Gasteiger partial charge in [-0.2, -0.15) is 5.26 Å². The van der Waals surface area contributed by atoms with Gasteiger partial charge in [-0.25, -0.2) is 4.98 Å². The van der Waals surface area contributed by atoms with E-state index in [4.69, 9.17) is 4.74 Å². The van der Waals surface area contributed by atoms with Crippen LogP contribution in [0, 0.1) is 25.2 Å². The fourth-order valence-corrected chi connectivity index (χ4v) is 3.94. The third-order valence-electron chi connectivity index (χ3n) is 5.75. The lowest BCUT2D eigenvalue weighted by Crippen LogP contribution is -1.98. The van der Waals surface area contributed by atoms with Crippen molar-refractivity contribution in [2.75, 3.05) is 0 Å². The number of aryl methyl sites for hydroxylation is 2. The largest absolute Gasteiger partial charge is 0.488 e. The smallest absolute Gasteiger partial charge is 0.149 e. The third kappa shape index (κ3) is 4.22. The Kier molecular flexibility index (Phi) is 5.38. The maximum Gasteiger partial charge on any atom is 0.149 e. The number of aromatic nitrogens is 2. The highest BCUT2D eigenvalue weighted by molar-refractivity contribution is 6.00. The Bertz CT molecular complexity index is 1540. The second-order valence-electron chi connectivity index (χ2n) is 8.25. The summed E-state index contributed by atoms with van der Waals surface area (Å²) in [4.78, 5) is 7.94. The van der Waals surface area contributed by atoms with E-state index in [0.29, 0.717) is 18.0 Å². The lowest BCUT2D eigenvalue weighted by molar-refractivity contribution is 0.306. The molecule has 1 N–H and O–H groups in total. The second kappa shape index (κ2) is 8.64. The lowest BCUT2D eigenvalue weighted by Gasteiger charge is -2.13. The first kappa shape index (κ1) is 20.5. The van der Waals surface area contributed by atoms with Crippen LogP contribution in [0.3, 0.4) is 0 Å². The van der Waals surface area contributed by atoms with Gasteiger partial charge in [0.25, 0.3) is 0 Å². The highest BCUT2D eigenvalue weighted by Crippen LogP contribution is 2.32. The van der Waals surface area contributed by atoms with Crippen molar-refractivity contribution < 1.29 is 4.74 Å². The number of allylic oxidation sites excluding steroid dienone is 1. The molecule has 33 heavy (non-hydrogen) atoms. The predicted molar refractivity (Wildman–Crippen MR) is 134 cm³/mol. The van der Waals surface area contributed by atoms with Crippen molar-refractivity contribution in [3.05, 3.63) is 107 Å². The Morgan fingerprint density at radius 1 is 0.970 bits per heavy atom. The maximum absolute atomic E-state index is 10.00. The Hall–Kier alpha value is -4.36. The summed E-state index contributed by atoms with van der Waals surface area (Å²) >= 11 is 0. The van der Waals surface area contributed by atoms with Gasteiger partial charge in [0, 0.05) is 5.56 Å². The molecule has 0 saturated heterocycles. The summed E-state index contributed by atoms with van der Waals surface area (Å²) in [6.45, 7) is 4.56. The Morgan fingerprint density at radius 2 is 1.76 bits per heavy atom. The van der Waals surface area contributed by atoms with Crippen molar-refractivity contribution in [1.29, 1.82) is 5.26 Å². The van der Waals surface area contributed by atoms with Crippen LogP contribution < -0.4 is 4.74 Å². The van der Waals surface area contributed by atoms with Crippen LogP contribution in [0.25, 0.3) is 33.5 Å². The summed E-state index contributed by atoms with van der Waals surface area (Å²) < 4.78 is 6.24. The number of imidazole rings is 1. The van der Waals surface area contributed by atoms with Gasteiger partial charge in [0.15, 0.2) is 0 Å². The molecule has 0 bridgehead atoms. The second-order valence-corrected chi connectivity index (χ2v) is 8.25. The first-order valence-electron chi connectivity index (χ1n) is 10.9. The molecule has 0 amide bonds. The van der Waals surface area contributed by atoms with Crippen LogP contribution >= 0.6 is 0 Å². The monoisotopic (exact) mass is 429 g/mol. The molecule has 1 aromatic heterocycles. The van der Waals surface area contributed by atoms with Crippen LogP contribution in [-0.2, 0) is 6.61 Å². The fourth-order valence-electron chi connectivity index (χ4n) is 3.94. The molecule has 0 radical (unpaired) electrons. The van der Waals surface area contributed by atoms with Crippen LogP contribution in [0.1, 0.15) is 28.1 Å². The van der Waals surface area contributed by atoms with Crippen molar-refractivity contribution in [3.63, 3.8) is 0 Å². The summed E-state index contributed by atoms with van der Waals surface area (Å²) in [7, 11) is 0. The van der Waals surface area contributed by atoms with Gasteiger partial charge in [0.2, 0.25) is 0 Å². The first-order valence-corrected chi connectivity index (χ1v) is 10.9. The van der Waals surface area contributed by atoms with Gasteiger partial charge in [-0.15, -0.1) is 0 Å². The van der Waals surface area contributed by atoms with Gasteiger partial charge in [0.05, 0.1) is 16.6 Å². The van der Waals surface area contributed by atoms with Crippen molar-refractivity contribution in [2.45, 2.75) is 20.5 Å². The zero-order chi connectivity index (χ0) is 22.8. The van der Waals surface area contributed by atoms with Gasteiger partial charge >= 0.3 is 0 Å². The molecule has 0 aliphatic carbocycles. The molecule has 0 saturated carbocycles. The van der Waals surface area contributed by atoms with Crippen LogP contribution in [0.15, 0.2) is 78.9 Å². The molecule has 0 aliphatic rings. The summed E-state index contributed by atoms with van der Waals surface area (Å²) in [5, 5.41) is 12.1. The molecule has 4 nitrogen and oxygen atoms in total. The SMILES string of the molecule is Cc1ccc(COc2ccc3ccccc3c2C=C(C#N)c2nc3ccc(C)cc3[nH]2)cc1. The maximum atomic E-state index is 10.00. The number of aromatic amines is 1. The minimum Gasteiger partial charge on any atom is -0.488 e. The number of fused-ring (bicyclic) bond motifs is 2.